The van der Waals surface area contributed by atoms with Gasteiger partial charge in [-0.25, -0.2) is 17.4 Å². The summed E-state index contributed by atoms with van der Waals surface area (Å²) in [6.45, 7) is 0.564. The zero-order valence-electron chi connectivity index (χ0n) is 12.2. The molecule has 0 spiro atoms. The molecule has 0 saturated heterocycles. The van der Waals surface area contributed by atoms with Gasteiger partial charge in [-0.1, -0.05) is 29.4 Å². The van der Waals surface area contributed by atoms with Crippen molar-refractivity contribution in [2.24, 2.45) is 7.05 Å². The van der Waals surface area contributed by atoms with E-state index in [0.717, 1.165) is 11.1 Å². The smallest absolute Gasteiger partial charge is 0.242 e. The number of nitrogens with zero attached hydrogens (tertiary/aromatic N) is 5. The van der Waals surface area contributed by atoms with E-state index in [0.29, 0.717) is 12.5 Å². The SMILES string of the molecule is CN(C)S(=O)(=O)Cc1ccc(CNc2nnnn2C)cc1. The maximum Gasteiger partial charge on any atom is 0.242 e. The molecule has 9 heteroatoms. The van der Waals surface area contributed by atoms with Gasteiger partial charge in [0.25, 0.3) is 0 Å². The van der Waals surface area contributed by atoms with E-state index in [9.17, 15) is 8.42 Å². The lowest BCUT2D eigenvalue weighted by molar-refractivity contribution is 0.519. The molecule has 0 aliphatic rings. The average molecular weight is 310 g/mol. The van der Waals surface area contributed by atoms with Crippen molar-refractivity contribution in [3.63, 3.8) is 0 Å². The highest BCUT2D eigenvalue weighted by Crippen LogP contribution is 2.11. The third-order valence-electron chi connectivity index (χ3n) is 3.00. The molecule has 0 fully saturated rings. The Hall–Kier alpha value is -2.00. The number of hydrogen-bond acceptors (Lipinski definition) is 6. The van der Waals surface area contributed by atoms with Gasteiger partial charge >= 0.3 is 0 Å². The summed E-state index contributed by atoms with van der Waals surface area (Å²) in [5.74, 6) is 0.579. The van der Waals surface area contributed by atoms with Crippen molar-refractivity contribution in [3.05, 3.63) is 35.4 Å². The molecule has 21 heavy (non-hydrogen) atoms. The molecule has 2 aromatic rings. The van der Waals surface area contributed by atoms with Crippen LogP contribution in [0.3, 0.4) is 0 Å². The van der Waals surface area contributed by atoms with E-state index in [4.69, 9.17) is 0 Å². The van der Waals surface area contributed by atoms with Gasteiger partial charge in [0, 0.05) is 27.7 Å². The summed E-state index contributed by atoms with van der Waals surface area (Å²) in [6, 6.07) is 7.40. The van der Waals surface area contributed by atoms with Crippen LogP contribution in [0.25, 0.3) is 0 Å². The largest absolute Gasteiger partial charge is 0.349 e. The molecule has 1 heterocycles. The van der Waals surface area contributed by atoms with E-state index in [1.807, 2.05) is 24.3 Å². The summed E-state index contributed by atoms with van der Waals surface area (Å²) < 4.78 is 26.3. The van der Waals surface area contributed by atoms with Crippen LogP contribution in [-0.2, 0) is 29.4 Å². The number of rotatable bonds is 6. The standard InChI is InChI=1S/C12H18N6O2S/c1-17(2)21(19,20)9-11-6-4-10(5-7-11)8-13-12-14-15-16-18(12)3/h4-7H,8-9H2,1-3H3,(H,13,14,16). The number of sulfonamides is 1. The van der Waals surface area contributed by atoms with Crippen LogP contribution in [0.1, 0.15) is 11.1 Å². The van der Waals surface area contributed by atoms with Gasteiger partial charge in [-0.3, -0.25) is 0 Å². The van der Waals surface area contributed by atoms with Gasteiger partial charge < -0.3 is 5.32 Å². The molecule has 0 radical (unpaired) electrons. The fraction of sp³-hybridized carbons (Fsp3) is 0.417. The van der Waals surface area contributed by atoms with Crippen LogP contribution in [0.4, 0.5) is 5.95 Å². The number of benzene rings is 1. The molecule has 0 saturated carbocycles. The molecule has 0 amide bonds. The first-order valence-corrected chi connectivity index (χ1v) is 7.93. The van der Waals surface area contributed by atoms with E-state index >= 15 is 0 Å². The molecular formula is C12H18N6O2S. The zero-order chi connectivity index (χ0) is 15.5. The van der Waals surface area contributed by atoms with Crippen LogP contribution in [-0.4, -0.2) is 47.0 Å². The first-order valence-electron chi connectivity index (χ1n) is 6.33. The lowest BCUT2D eigenvalue weighted by Gasteiger charge is -2.11. The van der Waals surface area contributed by atoms with E-state index in [-0.39, 0.29) is 5.75 Å². The fourth-order valence-electron chi connectivity index (χ4n) is 1.65. The molecule has 0 aliphatic heterocycles. The van der Waals surface area contributed by atoms with Gasteiger partial charge in [0.2, 0.25) is 16.0 Å². The molecule has 0 bridgehead atoms. The molecule has 2 rings (SSSR count). The van der Waals surface area contributed by atoms with Crippen LogP contribution in [0.15, 0.2) is 24.3 Å². The molecule has 8 nitrogen and oxygen atoms in total. The lowest BCUT2D eigenvalue weighted by atomic mass is 10.1. The Balaban J connectivity index is 1.98. The van der Waals surface area contributed by atoms with Crippen molar-refractivity contribution in [2.75, 3.05) is 19.4 Å². The van der Waals surface area contributed by atoms with E-state index in [1.54, 1.807) is 7.05 Å². The highest BCUT2D eigenvalue weighted by Gasteiger charge is 2.14. The van der Waals surface area contributed by atoms with Crippen LogP contribution < -0.4 is 5.32 Å². The van der Waals surface area contributed by atoms with Crippen LogP contribution in [0, 0.1) is 0 Å². The maximum absolute atomic E-state index is 11.8. The summed E-state index contributed by atoms with van der Waals surface area (Å²) >= 11 is 0. The number of anilines is 1. The Kier molecular flexibility index (Phi) is 4.53. The number of hydrogen-bond donors (Lipinski definition) is 1. The molecular weight excluding hydrogens is 292 g/mol. The van der Waals surface area contributed by atoms with Crippen molar-refractivity contribution < 1.29 is 8.42 Å². The van der Waals surface area contributed by atoms with E-state index in [1.165, 1.54) is 23.1 Å². The number of aryl methyl sites for hydroxylation is 1. The number of aromatic nitrogens is 4. The highest BCUT2D eigenvalue weighted by molar-refractivity contribution is 7.88. The third kappa shape index (κ3) is 3.99. The van der Waals surface area contributed by atoms with Crippen molar-refractivity contribution >= 4 is 16.0 Å². The fourth-order valence-corrected chi connectivity index (χ4v) is 2.53. The quantitative estimate of drug-likeness (QED) is 0.820. The maximum atomic E-state index is 11.8. The third-order valence-corrected chi connectivity index (χ3v) is 4.81. The van der Waals surface area contributed by atoms with Gasteiger partial charge in [-0.15, -0.1) is 0 Å². The average Bonchev–Trinajstić information content (AvgIpc) is 2.83. The highest BCUT2D eigenvalue weighted by atomic mass is 32.2. The van der Waals surface area contributed by atoms with Gasteiger partial charge in [0.05, 0.1) is 5.75 Å². The molecule has 1 aromatic heterocycles. The molecule has 1 aromatic carbocycles. The first kappa shape index (κ1) is 15.4. The Labute approximate surface area is 123 Å². The summed E-state index contributed by atoms with van der Waals surface area (Å²) in [5, 5.41) is 14.2. The summed E-state index contributed by atoms with van der Waals surface area (Å²) in [5.41, 5.74) is 1.77. The summed E-state index contributed by atoms with van der Waals surface area (Å²) in [4.78, 5) is 0. The predicted octanol–water partition coefficient (Wildman–Crippen LogP) is 0.214. The monoisotopic (exact) mass is 310 g/mol. The van der Waals surface area contributed by atoms with Crippen molar-refractivity contribution in [1.82, 2.24) is 24.5 Å². The second kappa shape index (κ2) is 6.19. The van der Waals surface area contributed by atoms with Crippen molar-refractivity contribution in [2.45, 2.75) is 12.3 Å². The lowest BCUT2D eigenvalue weighted by Crippen LogP contribution is -2.23. The Morgan fingerprint density at radius 2 is 1.81 bits per heavy atom. The van der Waals surface area contributed by atoms with Gasteiger partial charge in [0.1, 0.15) is 0 Å². The minimum atomic E-state index is -3.23. The molecule has 0 unspecified atom stereocenters. The molecule has 1 N–H and O–H groups in total. The van der Waals surface area contributed by atoms with Crippen LogP contribution in [0.5, 0.6) is 0 Å². The summed E-state index contributed by atoms with van der Waals surface area (Å²) in [6.07, 6.45) is 0. The predicted molar refractivity (Wildman–Crippen MR) is 78.9 cm³/mol. The first-order chi connectivity index (χ1) is 9.88. The zero-order valence-corrected chi connectivity index (χ0v) is 13.0. The molecule has 0 aliphatic carbocycles. The Morgan fingerprint density at radius 3 is 2.33 bits per heavy atom. The number of nitrogens with one attached hydrogen (secondary N) is 1. The van der Waals surface area contributed by atoms with Crippen LogP contribution >= 0.6 is 0 Å². The Bertz CT molecular complexity index is 693. The minimum Gasteiger partial charge on any atom is -0.349 e. The Morgan fingerprint density at radius 1 is 1.19 bits per heavy atom. The second-order valence-electron chi connectivity index (χ2n) is 4.83. The van der Waals surface area contributed by atoms with Gasteiger partial charge in [-0.2, -0.15) is 0 Å². The second-order valence-corrected chi connectivity index (χ2v) is 7.02. The van der Waals surface area contributed by atoms with E-state index < -0.39 is 10.0 Å². The minimum absolute atomic E-state index is 0.000907. The van der Waals surface area contributed by atoms with Crippen molar-refractivity contribution in [3.8, 4) is 0 Å². The normalized spacial score (nSPS) is 11.8. The van der Waals surface area contributed by atoms with Crippen molar-refractivity contribution in [1.29, 1.82) is 0 Å². The van der Waals surface area contributed by atoms with E-state index in [2.05, 4.69) is 20.8 Å². The number of tetrazole rings is 1. The molecule has 0 atom stereocenters. The topological polar surface area (TPSA) is 93.0 Å². The van der Waals surface area contributed by atoms with Crippen LogP contribution in [0.2, 0.25) is 0 Å². The van der Waals surface area contributed by atoms with Gasteiger partial charge in [-0.05, 0) is 21.6 Å². The van der Waals surface area contributed by atoms with Gasteiger partial charge in [0.15, 0.2) is 0 Å². The summed E-state index contributed by atoms with van der Waals surface area (Å²) in [7, 11) is 1.58. The molecule has 114 valence electrons.